The van der Waals surface area contributed by atoms with Crippen molar-refractivity contribution in [3.63, 3.8) is 0 Å². The second-order valence-corrected chi connectivity index (χ2v) is 8.13. The van der Waals surface area contributed by atoms with Gasteiger partial charge in [-0.1, -0.05) is 60.3 Å². The van der Waals surface area contributed by atoms with E-state index in [1.165, 1.54) is 7.11 Å². The van der Waals surface area contributed by atoms with Gasteiger partial charge in [-0.2, -0.15) is 0 Å². The highest BCUT2D eigenvalue weighted by Gasteiger charge is 2.13. The predicted molar refractivity (Wildman–Crippen MR) is 123 cm³/mol. The molecule has 0 aliphatic rings. The van der Waals surface area contributed by atoms with Crippen molar-refractivity contribution in [2.75, 3.05) is 7.11 Å². The molecule has 0 atom stereocenters. The van der Waals surface area contributed by atoms with E-state index in [1.54, 1.807) is 30.3 Å². The molecule has 0 bridgehead atoms. The number of carbonyl (C=O) groups excluding carboxylic acids is 1. The van der Waals surface area contributed by atoms with Gasteiger partial charge in [-0.25, -0.2) is 13.6 Å². The summed E-state index contributed by atoms with van der Waals surface area (Å²) in [6, 6.07) is 24.0. The van der Waals surface area contributed by atoms with Crippen LogP contribution in [0.5, 0.6) is 5.75 Å². The Labute approximate surface area is 191 Å². The Balaban J connectivity index is 1.52. The smallest absolute Gasteiger partial charge is 0.337 e. The van der Waals surface area contributed by atoms with Gasteiger partial charge in [0.25, 0.3) is 6.43 Å². The Bertz CT molecular complexity index is 1020. The van der Waals surface area contributed by atoms with Gasteiger partial charge in [-0.3, -0.25) is 0 Å². The van der Waals surface area contributed by atoms with Crippen LogP contribution in [0.4, 0.5) is 8.78 Å². The molecular weight excluding hydrogens is 430 g/mol. The highest BCUT2D eigenvalue weighted by Crippen LogP contribution is 2.32. The number of ether oxygens (including phenoxy) is 2. The van der Waals surface area contributed by atoms with Crippen molar-refractivity contribution in [3.8, 4) is 5.75 Å². The summed E-state index contributed by atoms with van der Waals surface area (Å²) in [6.07, 6.45) is 0.159. The zero-order valence-electron chi connectivity index (χ0n) is 17.7. The summed E-state index contributed by atoms with van der Waals surface area (Å²) in [4.78, 5) is 12.1. The number of benzene rings is 3. The molecule has 0 aliphatic carbocycles. The van der Waals surface area contributed by atoms with E-state index in [0.29, 0.717) is 29.9 Å². The first kappa shape index (κ1) is 23.5. The fourth-order valence-electron chi connectivity index (χ4n) is 2.96. The van der Waals surface area contributed by atoms with Gasteiger partial charge in [-0.15, -0.1) is 0 Å². The van der Waals surface area contributed by atoms with Crippen molar-refractivity contribution >= 4 is 17.7 Å². The summed E-state index contributed by atoms with van der Waals surface area (Å²) in [5, 5.41) is 0. The molecular formula is C26H24F2O3S. The van der Waals surface area contributed by atoms with Crippen molar-refractivity contribution in [3.05, 3.63) is 107 Å². The van der Waals surface area contributed by atoms with E-state index < -0.39 is 12.4 Å². The quantitative estimate of drug-likeness (QED) is 0.246. The maximum atomic E-state index is 13.5. The fraction of sp³-hybridized carbons (Fsp3) is 0.192. The lowest BCUT2D eigenvalue weighted by molar-refractivity contribution is 0.0600. The fourth-order valence-corrected chi connectivity index (χ4v) is 3.80. The Hall–Kier alpha value is -3.12. The van der Waals surface area contributed by atoms with E-state index in [-0.39, 0.29) is 4.91 Å². The van der Waals surface area contributed by atoms with E-state index in [0.717, 1.165) is 28.6 Å². The molecule has 0 fully saturated rings. The minimum Gasteiger partial charge on any atom is -0.489 e. The lowest BCUT2D eigenvalue weighted by Crippen LogP contribution is -2.00. The molecule has 0 N–H and O–H groups in total. The van der Waals surface area contributed by atoms with Gasteiger partial charge in [-0.05, 0) is 60.4 Å². The lowest BCUT2D eigenvalue weighted by Gasteiger charge is -2.08. The minimum absolute atomic E-state index is 0.00127. The normalized spacial score (nSPS) is 11.4. The van der Waals surface area contributed by atoms with Crippen molar-refractivity contribution in [2.45, 2.75) is 30.8 Å². The SMILES string of the molecule is COC(=O)c1ccc(S/C(=C\CCc2ccc(OCc3ccccc3)cc2)C(F)F)cc1. The number of rotatable bonds is 10. The third-order valence-corrected chi connectivity index (χ3v) is 5.76. The molecule has 0 aliphatic heterocycles. The van der Waals surface area contributed by atoms with E-state index in [4.69, 9.17) is 4.74 Å². The molecule has 3 aromatic carbocycles. The van der Waals surface area contributed by atoms with Crippen LogP contribution in [0.15, 0.2) is 94.7 Å². The third-order valence-electron chi connectivity index (χ3n) is 4.68. The van der Waals surface area contributed by atoms with Gasteiger partial charge in [0.1, 0.15) is 12.4 Å². The first-order chi connectivity index (χ1) is 15.5. The Kier molecular flexibility index (Phi) is 8.87. The Morgan fingerprint density at radius 1 is 0.938 bits per heavy atom. The van der Waals surface area contributed by atoms with Crippen LogP contribution in [-0.4, -0.2) is 19.5 Å². The molecule has 3 nitrogen and oxygen atoms in total. The van der Waals surface area contributed by atoms with Crippen LogP contribution in [0, 0.1) is 0 Å². The number of alkyl halides is 2. The summed E-state index contributed by atoms with van der Waals surface area (Å²) >= 11 is 1.01. The third kappa shape index (κ3) is 7.24. The van der Waals surface area contributed by atoms with Gasteiger partial charge in [0, 0.05) is 4.90 Å². The number of hydrogen-bond acceptors (Lipinski definition) is 4. The van der Waals surface area contributed by atoms with Crippen molar-refractivity contribution < 1.29 is 23.0 Å². The molecule has 3 rings (SSSR count). The van der Waals surface area contributed by atoms with Gasteiger partial charge in [0.05, 0.1) is 17.6 Å². The number of halogens is 2. The first-order valence-electron chi connectivity index (χ1n) is 10.2. The zero-order chi connectivity index (χ0) is 22.8. The second kappa shape index (κ2) is 12.1. The van der Waals surface area contributed by atoms with Crippen LogP contribution in [0.3, 0.4) is 0 Å². The zero-order valence-corrected chi connectivity index (χ0v) is 18.5. The average molecular weight is 455 g/mol. The van der Waals surface area contributed by atoms with Crippen molar-refractivity contribution in [1.82, 2.24) is 0 Å². The highest BCUT2D eigenvalue weighted by atomic mass is 32.2. The van der Waals surface area contributed by atoms with Crippen LogP contribution >= 0.6 is 11.8 Å². The van der Waals surface area contributed by atoms with E-state index in [9.17, 15) is 13.6 Å². The molecule has 0 radical (unpaired) electrons. The number of esters is 1. The monoisotopic (exact) mass is 454 g/mol. The van der Waals surface area contributed by atoms with Gasteiger partial charge in [0.15, 0.2) is 0 Å². The predicted octanol–water partition coefficient (Wildman–Crippen LogP) is 6.93. The molecule has 0 aromatic heterocycles. The van der Waals surface area contributed by atoms with E-state index >= 15 is 0 Å². The Morgan fingerprint density at radius 3 is 2.25 bits per heavy atom. The minimum atomic E-state index is -2.56. The molecule has 0 saturated carbocycles. The van der Waals surface area contributed by atoms with Gasteiger partial charge < -0.3 is 9.47 Å². The molecule has 0 amide bonds. The summed E-state index contributed by atoms with van der Waals surface area (Å²) in [7, 11) is 1.30. The molecule has 166 valence electrons. The summed E-state index contributed by atoms with van der Waals surface area (Å²) in [5.74, 6) is 0.315. The molecule has 6 heteroatoms. The molecule has 0 unspecified atom stereocenters. The highest BCUT2D eigenvalue weighted by molar-refractivity contribution is 8.03. The number of aryl methyl sites for hydroxylation is 1. The molecule has 0 spiro atoms. The lowest BCUT2D eigenvalue weighted by atomic mass is 10.1. The number of thioether (sulfide) groups is 1. The standard InChI is InChI=1S/C26H24F2O3S/c1-30-26(29)21-12-16-23(17-13-21)32-24(25(27)28)9-5-8-19-10-14-22(15-11-19)31-18-20-6-3-2-4-7-20/h2-4,6-7,9-17,25H,5,8,18H2,1H3/b24-9-. The number of carbonyl (C=O) groups is 1. The molecule has 0 heterocycles. The first-order valence-corrected chi connectivity index (χ1v) is 11.0. The van der Waals surface area contributed by atoms with Gasteiger partial charge in [0.2, 0.25) is 0 Å². The summed E-state index contributed by atoms with van der Waals surface area (Å²) < 4.78 is 37.4. The summed E-state index contributed by atoms with van der Waals surface area (Å²) in [5.41, 5.74) is 2.53. The number of hydrogen-bond donors (Lipinski definition) is 0. The second-order valence-electron chi connectivity index (χ2n) is 6.98. The molecule has 3 aromatic rings. The van der Waals surface area contributed by atoms with Crippen molar-refractivity contribution in [2.24, 2.45) is 0 Å². The molecule has 32 heavy (non-hydrogen) atoms. The van der Waals surface area contributed by atoms with Crippen molar-refractivity contribution in [1.29, 1.82) is 0 Å². The van der Waals surface area contributed by atoms with Crippen LogP contribution in [-0.2, 0) is 17.8 Å². The van der Waals surface area contributed by atoms with E-state index in [2.05, 4.69) is 4.74 Å². The largest absolute Gasteiger partial charge is 0.489 e. The van der Waals surface area contributed by atoms with Crippen LogP contribution in [0.2, 0.25) is 0 Å². The maximum absolute atomic E-state index is 13.5. The molecule has 0 saturated heterocycles. The summed E-state index contributed by atoms with van der Waals surface area (Å²) in [6.45, 7) is 0.499. The maximum Gasteiger partial charge on any atom is 0.337 e. The number of methoxy groups -OCH3 is 1. The van der Waals surface area contributed by atoms with E-state index in [1.807, 2.05) is 54.6 Å². The average Bonchev–Trinajstić information content (AvgIpc) is 2.83. The van der Waals surface area contributed by atoms with Gasteiger partial charge >= 0.3 is 5.97 Å². The topological polar surface area (TPSA) is 35.5 Å². The Morgan fingerprint density at radius 2 is 1.62 bits per heavy atom. The van der Waals surface area contributed by atoms with Crippen LogP contribution < -0.4 is 4.74 Å². The van der Waals surface area contributed by atoms with Crippen LogP contribution in [0.25, 0.3) is 0 Å². The van der Waals surface area contributed by atoms with Crippen LogP contribution in [0.1, 0.15) is 27.9 Å². The number of allylic oxidation sites excluding steroid dienone is 2.